The Bertz CT molecular complexity index is 596. The molecule has 0 radical (unpaired) electrons. The van der Waals surface area contributed by atoms with Gasteiger partial charge < -0.3 is 9.55 Å². The molecule has 0 spiro atoms. The van der Waals surface area contributed by atoms with Crippen LogP contribution >= 0.6 is 39.9 Å². The Balaban J connectivity index is 2.14. The molecule has 1 N–H and O–H groups in total. The number of fused-ring (bicyclic) bond motifs is 1. The van der Waals surface area contributed by atoms with Crippen LogP contribution in [0.15, 0.2) is 22.7 Å². The van der Waals surface area contributed by atoms with E-state index in [2.05, 4.69) is 43.7 Å². The summed E-state index contributed by atoms with van der Waals surface area (Å²) in [6, 6.07) is 6.87. The quantitative estimate of drug-likeness (QED) is 0.776. The maximum atomic E-state index is 5.46. The predicted molar refractivity (Wildman–Crippen MR) is 80.4 cm³/mol. The number of hydrogen-bond acceptors (Lipinski definition) is 2. The Morgan fingerprint density at radius 2 is 2.35 bits per heavy atom. The van der Waals surface area contributed by atoms with Gasteiger partial charge in [0, 0.05) is 16.3 Å². The second-order valence-corrected chi connectivity index (χ2v) is 6.78. The van der Waals surface area contributed by atoms with E-state index in [9.17, 15) is 0 Å². The van der Waals surface area contributed by atoms with Gasteiger partial charge in [0.2, 0.25) is 0 Å². The molecule has 0 aliphatic carbocycles. The van der Waals surface area contributed by atoms with Crippen LogP contribution in [0, 0.1) is 4.77 Å². The van der Waals surface area contributed by atoms with Gasteiger partial charge in [-0.3, -0.25) is 0 Å². The Hall–Kier alpha value is -0.260. The van der Waals surface area contributed by atoms with Crippen LogP contribution in [-0.4, -0.2) is 21.1 Å². The SMILES string of the molecule is S=c1[nH]c2cc(Br)ccc2n1C1CCCSC1. The number of nitrogens with zero attached hydrogens (tertiary/aromatic N) is 1. The van der Waals surface area contributed by atoms with Gasteiger partial charge in [0.1, 0.15) is 0 Å². The number of rotatable bonds is 1. The number of aromatic amines is 1. The number of aromatic nitrogens is 2. The van der Waals surface area contributed by atoms with Crippen molar-refractivity contribution in [2.75, 3.05) is 11.5 Å². The summed E-state index contributed by atoms with van der Waals surface area (Å²) in [6.45, 7) is 0. The van der Waals surface area contributed by atoms with Crippen LogP contribution in [-0.2, 0) is 0 Å². The normalized spacial score (nSPS) is 20.9. The molecule has 17 heavy (non-hydrogen) atoms. The highest BCUT2D eigenvalue weighted by Gasteiger charge is 2.18. The van der Waals surface area contributed by atoms with Gasteiger partial charge in [0.15, 0.2) is 4.77 Å². The number of halogens is 1. The molecule has 2 nitrogen and oxygen atoms in total. The third kappa shape index (κ3) is 2.20. The second-order valence-electron chi connectivity index (χ2n) is 4.33. The van der Waals surface area contributed by atoms with Crippen LogP contribution in [0.2, 0.25) is 0 Å². The van der Waals surface area contributed by atoms with Gasteiger partial charge in [0.25, 0.3) is 0 Å². The average molecular weight is 329 g/mol. The lowest BCUT2D eigenvalue weighted by atomic mass is 10.2. The van der Waals surface area contributed by atoms with Crippen molar-refractivity contribution in [1.29, 1.82) is 0 Å². The molecule has 2 heterocycles. The zero-order valence-corrected chi connectivity index (χ0v) is 12.5. The Kier molecular flexibility index (Phi) is 3.32. The molecular weight excluding hydrogens is 316 g/mol. The molecule has 3 rings (SSSR count). The standard InChI is InChI=1S/C12H13BrN2S2/c13-8-3-4-11-10(6-8)14-12(16)15(11)9-2-1-5-17-7-9/h3-4,6,9H,1-2,5,7H2,(H,14,16). The molecule has 1 aromatic heterocycles. The molecule has 0 amide bonds. The maximum absolute atomic E-state index is 5.46. The highest BCUT2D eigenvalue weighted by molar-refractivity contribution is 9.10. The summed E-state index contributed by atoms with van der Waals surface area (Å²) >= 11 is 11.0. The zero-order valence-electron chi connectivity index (χ0n) is 9.28. The molecule has 90 valence electrons. The topological polar surface area (TPSA) is 20.7 Å². The lowest BCUT2D eigenvalue weighted by molar-refractivity contribution is 0.506. The van der Waals surface area contributed by atoms with Crippen LogP contribution in [0.4, 0.5) is 0 Å². The maximum Gasteiger partial charge on any atom is 0.178 e. The summed E-state index contributed by atoms with van der Waals surface area (Å²) in [5, 5.41) is 0. The van der Waals surface area contributed by atoms with E-state index in [1.807, 2.05) is 11.8 Å². The Morgan fingerprint density at radius 3 is 3.12 bits per heavy atom. The average Bonchev–Trinajstić information content (AvgIpc) is 2.65. The van der Waals surface area contributed by atoms with Crippen LogP contribution < -0.4 is 0 Å². The number of H-pyrrole nitrogens is 1. The summed E-state index contributed by atoms with van der Waals surface area (Å²) in [6.07, 6.45) is 2.53. The molecule has 1 aromatic carbocycles. The van der Waals surface area contributed by atoms with Crippen molar-refractivity contribution in [2.24, 2.45) is 0 Å². The van der Waals surface area contributed by atoms with Gasteiger partial charge in [-0.05, 0) is 49.0 Å². The van der Waals surface area contributed by atoms with Gasteiger partial charge in [-0.1, -0.05) is 15.9 Å². The summed E-state index contributed by atoms with van der Waals surface area (Å²) in [5.74, 6) is 2.47. The smallest absolute Gasteiger partial charge is 0.178 e. The minimum atomic E-state index is 0.552. The second kappa shape index (κ2) is 4.78. The monoisotopic (exact) mass is 328 g/mol. The lowest BCUT2D eigenvalue weighted by Gasteiger charge is -2.23. The van der Waals surface area contributed by atoms with Crippen molar-refractivity contribution >= 4 is 50.9 Å². The predicted octanol–water partition coefficient (Wildman–Crippen LogP) is 4.53. The summed E-state index contributed by atoms with van der Waals surface area (Å²) in [7, 11) is 0. The first kappa shape index (κ1) is 11.8. The molecule has 1 unspecified atom stereocenters. The lowest BCUT2D eigenvalue weighted by Crippen LogP contribution is -2.16. The summed E-state index contributed by atoms with van der Waals surface area (Å²) in [4.78, 5) is 3.30. The number of thioether (sulfide) groups is 1. The van der Waals surface area contributed by atoms with E-state index in [-0.39, 0.29) is 0 Å². The van der Waals surface area contributed by atoms with Crippen molar-refractivity contribution in [3.05, 3.63) is 27.4 Å². The molecular formula is C12H13BrN2S2. The molecule has 0 bridgehead atoms. The van der Waals surface area contributed by atoms with E-state index in [1.165, 1.54) is 29.9 Å². The third-order valence-corrected chi connectivity index (χ3v) is 5.17. The van der Waals surface area contributed by atoms with E-state index in [1.54, 1.807) is 0 Å². The number of hydrogen-bond donors (Lipinski definition) is 1. The number of nitrogens with one attached hydrogen (secondary N) is 1. The minimum Gasteiger partial charge on any atom is -0.331 e. The molecule has 0 saturated carbocycles. The first-order valence-corrected chi connectivity index (χ1v) is 8.09. The Labute approximate surface area is 118 Å². The van der Waals surface area contributed by atoms with Crippen molar-refractivity contribution in [1.82, 2.24) is 9.55 Å². The van der Waals surface area contributed by atoms with Crippen LogP contribution in [0.3, 0.4) is 0 Å². The van der Waals surface area contributed by atoms with E-state index >= 15 is 0 Å². The van der Waals surface area contributed by atoms with E-state index < -0.39 is 0 Å². The molecule has 5 heteroatoms. The van der Waals surface area contributed by atoms with Gasteiger partial charge in [-0.15, -0.1) is 0 Å². The zero-order chi connectivity index (χ0) is 11.8. The van der Waals surface area contributed by atoms with Gasteiger partial charge in [-0.2, -0.15) is 11.8 Å². The fraction of sp³-hybridized carbons (Fsp3) is 0.417. The molecule has 1 saturated heterocycles. The van der Waals surface area contributed by atoms with Gasteiger partial charge >= 0.3 is 0 Å². The largest absolute Gasteiger partial charge is 0.331 e. The molecule has 2 aromatic rings. The third-order valence-electron chi connectivity index (χ3n) is 3.18. The highest BCUT2D eigenvalue weighted by atomic mass is 79.9. The van der Waals surface area contributed by atoms with Crippen LogP contribution in [0.1, 0.15) is 18.9 Å². The summed E-state index contributed by atoms with van der Waals surface area (Å²) in [5.41, 5.74) is 2.35. The van der Waals surface area contributed by atoms with Gasteiger partial charge in [-0.25, -0.2) is 0 Å². The highest BCUT2D eigenvalue weighted by Crippen LogP contribution is 2.30. The first-order valence-electron chi connectivity index (χ1n) is 5.73. The van der Waals surface area contributed by atoms with E-state index in [4.69, 9.17) is 12.2 Å². The van der Waals surface area contributed by atoms with Gasteiger partial charge in [0.05, 0.1) is 11.0 Å². The molecule has 1 atom stereocenters. The molecule has 1 fully saturated rings. The Morgan fingerprint density at radius 1 is 1.47 bits per heavy atom. The van der Waals surface area contributed by atoms with Crippen LogP contribution in [0.25, 0.3) is 11.0 Å². The van der Waals surface area contributed by atoms with Crippen molar-refractivity contribution in [3.8, 4) is 0 Å². The molecule has 1 aliphatic heterocycles. The first-order chi connectivity index (χ1) is 8.25. The minimum absolute atomic E-state index is 0.552. The fourth-order valence-electron chi connectivity index (χ4n) is 2.39. The number of benzene rings is 1. The van der Waals surface area contributed by atoms with Crippen molar-refractivity contribution < 1.29 is 0 Å². The van der Waals surface area contributed by atoms with E-state index in [0.717, 1.165) is 14.8 Å². The van der Waals surface area contributed by atoms with Crippen LogP contribution in [0.5, 0.6) is 0 Å². The van der Waals surface area contributed by atoms with Crippen molar-refractivity contribution in [2.45, 2.75) is 18.9 Å². The van der Waals surface area contributed by atoms with Crippen molar-refractivity contribution in [3.63, 3.8) is 0 Å². The summed E-state index contributed by atoms with van der Waals surface area (Å²) < 4.78 is 4.24. The van der Waals surface area contributed by atoms with E-state index in [0.29, 0.717) is 6.04 Å². The molecule has 1 aliphatic rings. The number of imidazole rings is 1. The fourth-order valence-corrected chi connectivity index (χ4v) is 4.24.